The maximum absolute atomic E-state index is 9.01. The first-order valence-corrected chi connectivity index (χ1v) is 10.1. The highest BCUT2D eigenvalue weighted by Gasteiger charge is 2.23. The van der Waals surface area contributed by atoms with Gasteiger partial charge in [-0.05, 0) is 53.8 Å². The summed E-state index contributed by atoms with van der Waals surface area (Å²) in [4.78, 5) is 4.46. The van der Waals surface area contributed by atoms with E-state index in [9.17, 15) is 0 Å². The Morgan fingerprint density at radius 2 is 2.04 bits per heavy atom. The molecular weight excluding hydrogens is 422 g/mol. The molecule has 2 aromatic rings. The number of nitrogens with one attached hydrogen (secondary N) is 3. The number of hydrogen-bond donors (Lipinski definition) is 3. The molecule has 1 aliphatic carbocycles. The van der Waals surface area contributed by atoms with E-state index >= 15 is 0 Å². The van der Waals surface area contributed by atoms with Crippen LogP contribution in [-0.4, -0.2) is 30.4 Å². The number of fused-ring (bicyclic) bond motifs is 1. The maximum Gasteiger partial charge on any atom is 0.204 e. The molecular formula is C20H22BrN5O2. The molecule has 0 spiro atoms. The predicted octanol–water partition coefficient (Wildman–Crippen LogP) is 3.75. The fourth-order valence-electron chi connectivity index (χ4n) is 3.66. The van der Waals surface area contributed by atoms with Crippen LogP contribution in [0.4, 0.5) is 5.82 Å². The zero-order valence-electron chi connectivity index (χ0n) is 15.5. The summed E-state index contributed by atoms with van der Waals surface area (Å²) in [7, 11) is 1.69. The Hall–Kier alpha value is -2.50. The SMILES string of the molecule is COC1C=CC=C(NC2CCC(Nc3ncc4oc(C#N)cc4c3Br)CC2)N1. The van der Waals surface area contributed by atoms with Gasteiger partial charge in [0.2, 0.25) is 5.76 Å². The normalized spacial score (nSPS) is 24.3. The van der Waals surface area contributed by atoms with Gasteiger partial charge >= 0.3 is 0 Å². The van der Waals surface area contributed by atoms with Crippen LogP contribution in [0.1, 0.15) is 31.4 Å². The molecule has 4 rings (SSSR count). The van der Waals surface area contributed by atoms with Gasteiger partial charge < -0.3 is 25.1 Å². The number of nitrogens with zero attached hydrogens (tertiary/aromatic N) is 2. The third-order valence-corrected chi connectivity index (χ3v) is 5.96. The van der Waals surface area contributed by atoms with Gasteiger partial charge in [0.15, 0.2) is 5.58 Å². The number of hydrogen-bond acceptors (Lipinski definition) is 7. The Labute approximate surface area is 172 Å². The van der Waals surface area contributed by atoms with Crippen LogP contribution in [-0.2, 0) is 4.74 Å². The quantitative estimate of drug-likeness (QED) is 0.647. The Kier molecular flexibility index (Phi) is 5.55. The summed E-state index contributed by atoms with van der Waals surface area (Å²) in [5.74, 6) is 2.09. The molecule has 2 aliphatic rings. The molecule has 8 heteroatoms. The van der Waals surface area contributed by atoms with Crippen LogP contribution >= 0.6 is 15.9 Å². The highest BCUT2D eigenvalue weighted by molar-refractivity contribution is 9.10. The Morgan fingerprint density at radius 3 is 2.75 bits per heavy atom. The lowest BCUT2D eigenvalue weighted by molar-refractivity contribution is 0.117. The molecule has 0 saturated heterocycles. The van der Waals surface area contributed by atoms with Crippen molar-refractivity contribution in [1.82, 2.24) is 15.6 Å². The van der Waals surface area contributed by atoms with Crippen LogP contribution in [0.3, 0.4) is 0 Å². The van der Waals surface area contributed by atoms with E-state index in [4.69, 9.17) is 14.4 Å². The van der Waals surface area contributed by atoms with Gasteiger partial charge in [0, 0.05) is 30.6 Å². The second-order valence-corrected chi connectivity index (χ2v) is 7.82. The van der Waals surface area contributed by atoms with Crippen molar-refractivity contribution in [3.8, 4) is 6.07 Å². The van der Waals surface area contributed by atoms with Gasteiger partial charge in [-0.25, -0.2) is 4.98 Å². The third-order valence-electron chi connectivity index (χ3n) is 5.15. The average molecular weight is 444 g/mol. The number of ether oxygens (including phenoxy) is 1. The first-order chi connectivity index (χ1) is 13.7. The molecule has 3 heterocycles. The monoisotopic (exact) mass is 443 g/mol. The molecule has 0 radical (unpaired) electrons. The van der Waals surface area contributed by atoms with Gasteiger partial charge in [0.05, 0.1) is 10.7 Å². The average Bonchev–Trinajstić information content (AvgIpc) is 3.16. The summed E-state index contributed by atoms with van der Waals surface area (Å²) in [5, 5.41) is 20.3. The standard InChI is InChI=1S/C20H22BrN5O2/c1-27-18-4-2-3-17(26-18)24-12-5-7-13(8-6-12)25-20-19(21)15-9-14(10-22)28-16(15)11-23-20/h2-4,9,11-13,18,24,26H,5-8H2,1H3,(H,23,25). The predicted molar refractivity (Wildman–Crippen MR) is 110 cm³/mol. The van der Waals surface area contributed by atoms with Gasteiger partial charge in [-0.15, -0.1) is 0 Å². The van der Waals surface area contributed by atoms with Gasteiger partial charge in [0.25, 0.3) is 0 Å². The molecule has 1 atom stereocenters. The van der Waals surface area contributed by atoms with Crippen molar-refractivity contribution < 1.29 is 9.15 Å². The van der Waals surface area contributed by atoms with Crippen molar-refractivity contribution in [1.29, 1.82) is 5.26 Å². The summed E-state index contributed by atoms with van der Waals surface area (Å²) in [6.07, 6.45) is 11.9. The Balaban J connectivity index is 1.34. The van der Waals surface area contributed by atoms with E-state index in [0.717, 1.165) is 47.2 Å². The minimum absolute atomic E-state index is 0.0756. The number of pyridine rings is 1. The van der Waals surface area contributed by atoms with E-state index in [1.165, 1.54) is 0 Å². The van der Waals surface area contributed by atoms with E-state index in [2.05, 4.69) is 36.9 Å². The van der Waals surface area contributed by atoms with Crippen molar-refractivity contribution in [3.05, 3.63) is 46.5 Å². The molecule has 3 N–H and O–H groups in total. The number of rotatable bonds is 5. The first-order valence-electron chi connectivity index (χ1n) is 9.35. The number of aromatic nitrogens is 1. The summed E-state index contributed by atoms with van der Waals surface area (Å²) in [6.45, 7) is 0. The van der Waals surface area contributed by atoms with E-state index in [-0.39, 0.29) is 12.0 Å². The van der Waals surface area contributed by atoms with E-state index in [0.29, 0.717) is 17.7 Å². The molecule has 0 amide bonds. The molecule has 1 unspecified atom stereocenters. The maximum atomic E-state index is 9.01. The van der Waals surface area contributed by atoms with Gasteiger partial charge in [-0.3, -0.25) is 0 Å². The lowest BCUT2D eigenvalue weighted by atomic mass is 9.91. The number of allylic oxidation sites excluding steroid dienone is 2. The molecule has 1 fully saturated rings. The molecule has 2 aromatic heterocycles. The van der Waals surface area contributed by atoms with Crippen molar-refractivity contribution in [2.24, 2.45) is 0 Å². The molecule has 146 valence electrons. The molecule has 1 aliphatic heterocycles. The Morgan fingerprint density at radius 1 is 1.29 bits per heavy atom. The summed E-state index contributed by atoms with van der Waals surface area (Å²) < 4.78 is 11.6. The third kappa shape index (κ3) is 4.01. The molecule has 0 aromatic carbocycles. The Bertz CT molecular complexity index is 953. The van der Waals surface area contributed by atoms with Gasteiger partial charge in [0.1, 0.15) is 23.9 Å². The second-order valence-electron chi connectivity index (χ2n) is 7.02. The minimum atomic E-state index is -0.0756. The van der Waals surface area contributed by atoms with Crippen molar-refractivity contribution in [2.45, 2.75) is 44.0 Å². The summed E-state index contributed by atoms with van der Waals surface area (Å²) in [6, 6.07) is 4.56. The molecule has 7 nitrogen and oxygen atoms in total. The number of nitriles is 1. The van der Waals surface area contributed by atoms with Crippen LogP contribution in [0.25, 0.3) is 11.0 Å². The lowest BCUT2D eigenvalue weighted by Crippen LogP contribution is -2.43. The van der Waals surface area contributed by atoms with Crippen molar-refractivity contribution in [3.63, 3.8) is 0 Å². The smallest absolute Gasteiger partial charge is 0.204 e. The number of halogens is 1. The first kappa shape index (κ1) is 18.8. The van der Waals surface area contributed by atoms with E-state index < -0.39 is 0 Å². The zero-order chi connectivity index (χ0) is 19.5. The molecule has 0 bridgehead atoms. The van der Waals surface area contributed by atoms with Gasteiger partial charge in [-0.1, -0.05) is 6.08 Å². The van der Waals surface area contributed by atoms with Crippen LogP contribution in [0.2, 0.25) is 0 Å². The number of anilines is 1. The van der Waals surface area contributed by atoms with Crippen LogP contribution in [0.15, 0.2) is 45.2 Å². The fraction of sp³-hybridized carbons (Fsp3) is 0.400. The summed E-state index contributed by atoms with van der Waals surface area (Å²) >= 11 is 3.60. The topological polar surface area (TPSA) is 95.1 Å². The van der Waals surface area contributed by atoms with Crippen molar-refractivity contribution >= 4 is 32.7 Å². The van der Waals surface area contributed by atoms with Crippen LogP contribution in [0.5, 0.6) is 0 Å². The zero-order valence-corrected chi connectivity index (χ0v) is 17.1. The van der Waals surface area contributed by atoms with E-state index in [1.807, 2.05) is 24.3 Å². The molecule has 28 heavy (non-hydrogen) atoms. The fourth-order valence-corrected chi connectivity index (χ4v) is 4.19. The van der Waals surface area contributed by atoms with Crippen LogP contribution in [0, 0.1) is 11.3 Å². The van der Waals surface area contributed by atoms with Crippen molar-refractivity contribution in [2.75, 3.05) is 12.4 Å². The lowest BCUT2D eigenvalue weighted by Gasteiger charge is -2.32. The molecule has 1 saturated carbocycles. The number of dihydropyridines is 1. The number of methoxy groups -OCH3 is 1. The highest BCUT2D eigenvalue weighted by Crippen LogP contribution is 2.33. The number of furan rings is 1. The summed E-state index contributed by atoms with van der Waals surface area (Å²) in [5.41, 5.74) is 0.610. The largest absolute Gasteiger partial charge is 0.444 e. The van der Waals surface area contributed by atoms with Gasteiger partial charge in [-0.2, -0.15) is 5.26 Å². The van der Waals surface area contributed by atoms with E-state index in [1.54, 1.807) is 19.4 Å². The van der Waals surface area contributed by atoms with Crippen LogP contribution < -0.4 is 16.0 Å². The second kappa shape index (κ2) is 8.25. The minimum Gasteiger partial charge on any atom is -0.444 e. The highest BCUT2D eigenvalue weighted by atomic mass is 79.9.